The van der Waals surface area contributed by atoms with E-state index in [9.17, 15) is 4.79 Å². The molecule has 2 N–H and O–H groups in total. The molecule has 0 aromatic heterocycles. The fraction of sp³-hybridized carbons (Fsp3) is 0.562. The molecule has 3 rings (SSSR count). The molecule has 20 heavy (non-hydrogen) atoms. The molecule has 0 bridgehead atoms. The average molecular weight is 273 g/mol. The van der Waals surface area contributed by atoms with Gasteiger partial charge in [-0.25, -0.2) is 0 Å². The van der Waals surface area contributed by atoms with Gasteiger partial charge in [-0.3, -0.25) is 4.79 Å². The number of hydrogen-bond acceptors (Lipinski definition) is 3. The second kappa shape index (κ2) is 5.94. The molecular formula is C16H23N3O. The molecule has 0 aliphatic carbocycles. The molecule has 4 nitrogen and oxygen atoms in total. The highest BCUT2D eigenvalue weighted by atomic mass is 16.1. The molecule has 1 unspecified atom stereocenters. The van der Waals surface area contributed by atoms with E-state index in [-0.39, 0.29) is 5.91 Å². The molecule has 2 heterocycles. The quantitative estimate of drug-likeness (QED) is 0.850. The van der Waals surface area contributed by atoms with Crippen LogP contribution in [0.25, 0.3) is 0 Å². The smallest absolute Gasteiger partial charge is 0.251 e. The van der Waals surface area contributed by atoms with E-state index in [2.05, 4.69) is 28.6 Å². The maximum absolute atomic E-state index is 12.5. The van der Waals surface area contributed by atoms with E-state index >= 15 is 0 Å². The number of likely N-dealkylation sites (N-methyl/N-ethyl adjacent to an activating group) is 1. The van der Waals surface area contributed by atoms with Crippen LogP contribution in [0.1, 0.15) is 34.3 Å². The van der Waals surface area contributed by atoms with Crippen LogP contribution >= 0.6 is 0 Å². The molecule has 1 fully saturated rings. The normalized spacial score (nSPS) is 23.1. The standard InChI is InChI=1S/C16H23N3O/c1-19-9-3-5-13(11-19)18-16(20)15-6-2-4-12-10-17-8-7-14(12)15/h2,4,6,13,17H,3,5,7-11H2,1H3,(H,18,20). The fourth-order valence-corrected chi connectivity index (χ4v) is 3.29. The number of nitrogens with zero attached hydrogens (tertiary/aromatic N) is 1. The monoisotopic (exact) mass is 273 g/mol. The van der Waals surface area contributed by atoms with Crippen molar-refractivity contribution >= 4 is 5.91 Å². The number of likely N-dealkylation sites (tertiary alicyclic amines) is 1. The van der Waals surface area contributed by atoms with E-state index in [1.54, 1.807) is 0 Å². The molecule has 0 radical (unpaired) electrons. The Kier molecular flexibility index (Phi) is 4.03. The number of benzene rings is 1. The lowest BCUT2D eigenvalue weighted by Gasteiger charge is -2.30. The number of hydrogen-bond donors (Lipinski definition) is 2. The van der Waals surface area contributed by atoms with Crippen molar-refractivity contribution < 1.29 is 4.79 Å². The van der Waals surface area contributed by atoms with Gasteiger partial charge >= 0.3 is 0 Å². The summed E-state index contributed by atoms with van der Waals surface area (Å²) in [6, 6.07) is 6.37. The van der Waals surface area contributed by atoms with Crippen molar-refractivity contribution in [2.24, 2.45) is 0 Å². The van der Waals surface area contributed by atoms with Crippen LogP contribution in [-0.4, -0.2) is 43.5 Å². The first kappa shape index (κ1) is 13.6. The van der Waals surface area contributed by atoms with Gasteiger partial charge < -0.3 is 15.5 Å². The minimum absolute atomic E-state index is 0.101. The van der Waals surface area contributed by atoms with Crippen molar-refractivity contribution in [3.8, 4) is 0 Å². The Labute approximate surface area is 120 Å². The first-order chi connectivity index (χ1) is 9.74. The lowest BCUT2D eigenvalue weighted by Crippen LogP contribution is -2.46. The molecule has 1 amide bonds. The number of carbonyl (C=O) groups excluding carboxylic acids is 1. The minimum atomic E-state index is 0.101. The van der Waals surface area contributed by atoms with E-state index < -0.39 is 0 Å². The van der Waals surface area contributed by atoms with E-state index in [0.29, 0.717) is 6.04 Å². The van der Waals surface area contributed by atoms with Gasteiger partial charge in [0.2, 0.25) is 0 Å². The first-order valence-corrected chi connectivity index (χ1v) is 7.55. The molecule has 1 saturated heterocycles. The predicted molar refractivity (Wildman–Crippen MR) is 79.8 cm³/mol. The van der Waals surface area contributed by atoms with Crippen LogP contribution in [0.5, 0.6) is 0 Å². The summed E-state index contributed by atoms with van der Waals surface area (Å²) in [4.78, 5) is 14.8. The van der Waals surface area contributed by atoms with Crippen LogP contribution in [0.15, 0.2) is 18.2 Å². The molecule has 0 saturated carbocycles. The summed E-state index contributed by atoms with van der Waals surface area (Å²) in [5.41, 5.74) is 3.37. The molecule has 108 valence electrons. The number of fused-ring (bicyclic) bond motifs is 1. The molecule has 4 heteroatoms. The van der Waals surface area contributed by atoms with Crippen LogP contribution in [0, 0.1) is 0 Å². The largest absolute Gasteiger partial charge is 0.348 e. The third kappa shape index (κ3) is 2.86. The Morgan fingerprint density at radius 2 is 2.35 bits per heavy atom. The fourth-order valence-electron chi connectivity index (χ4n) is 3.29. The number of piperidine rings is 1. The van der Waals surface area contributed by atoms with Crippen LogP contribution < -0.4 is 10.6 Å². The van der Waals surface area contributed by atoms with Crippen LogP contribution in [0.2, 0.25) is 0 Å². The Bertz CT molecular complexity index is 500. The number of carbonyl (C=O) groups is 1. The summed E-state index contributed by atoms with van der Waals surface area (Å²) in [5, 5.41) is 6.57. The molecule has 2 aliphatic heterocycles. The summed E-state index contributed by atoms with van der Waals surface area (Å²) in [7, 11) is 2.12. The zero-order chi connectivity index (χ0) is 13.9. The summed E-state index contributed by atoms with van der Waals surface area (Å²) in [6.07, 6.45) is 3.20. The summed E-state index contributed by atoms with van der Waals surface area (Å²) >= 11 is 0. The zero-order valence-corrected chi connectivity index (χ0v) is 12.1. The van der Waals surface area contributed by atoms with Crippen molar-refractivity contribution in [2.45, 2.75) is 31.8 Å². The zero-order valence-electron chi connectivity index (χ0n) is 12.1. The minimum Gasteiger partial charge on any atom is -0.348 e. The molecule has 1 aromatic carbocycles. The molecule has 1 atom stereocenters. The van der Waals surface area contributed by atoms with Gasteiger partial charge in [0.1, 0.15) is 0 Å². The summed E-state index contributed by atoms with van der Waals surface area (Å²) in [5.74, 6) is 0.101. The molecule has 0 spiro atoms. The van der Waals surface area contributed by atoms with Crippen molar-refractivity contribution in [2.75, 3.05) is 26.7 Å². The average Bonchev–Trinajstić information content (AvgIpc) is 2.46. The van der Waals surface area contributed by atoms with Gasteiger partial charge in [0.05, 0.1) is 0 Å². The second-order valence-electron chi connectivity index (χ2n) is 5.94. The maximum atomic E-state index is 12.5. The molecule has 1 aromatic rings. The SMILES string of the molecule is CN1CCCC(NC(=O)c2cccc3c2CCNC3)C1. The van der Waals surface area contributed by atoms with Crippen LogP contribution in [0.3, 0.4) is 0 Å². The van der Waals surface area contributed by atoms with Crippen molar-refractivity contribution in [1.29, 1.82) is 0 Å². The summed E-state index contributed by atoms with van der Waals surface area (Å²) < 4.78 is 0. The lowest BCUT2D eigenvalue weighted by molar-refractivity contribution is 0.0911. The van der Waals surface area contributed by atoms with Crippen molar-refractivity contribution in [3.05, 3.63) is 34.9 Å². The van der Waals surface area contributed by atoms with E-state index in [1.165, 1.54) is 11.1 Å². The van der Waals surface area contributed by atoms with E-state index in [4.69, 9.17) is 0 Å². The highest BCUT2D eigenvalue weighted by Crippen LogP contribution is 2.19. The first-order valence-electron chi connectivity index (χ1n) is 7.55. The Balaban J connectivity index is 1.74. The van der Waals surface area contributed by atoms with Gasteiger partial charge in [-0.1, -0.05) is 12.1 Å². The third-order valence-corrected chi connectivity index (χ3v) is 4.34. The number of nitrogens with one attached hydrogen (secondary N) is 2. The predicted octanol–water partition coefficient (Wildman–Crippen LogP) is 1.16. The van der Waals surface area contributed by atoms with Gasteiger partial charge in [0, 0.05) is 24.7 Å². The Morgan fingerprint density at radius 1 is 1.45 bits per heavy atom. The van der Waals surface area contributed by atoms with Gasteiger partial charge in [0.25, 0.3) is 5.91 Å². The van der Waals surface area contributed by atoms with E-state index in [1.807, 2.05) is 12.1 Å². The van der Waals surface area contributed by atoms with E-state index in [0.717, 1.165) is 51.0 Å². The number of rotatable bonds is 2. The topological polar surface area (TPSA) is 44.4 Å². The van der Waals surface area contributed by atoms with Crippen LogP contribution in [0.4, 0.5) is 0 Å². The van der Waals surface area contributed by atoms with Gasteiger partial charge in [-0.15, -0.1) is 0 Å². The van der Waals surface area contributed by atoms with Gasteiger partial charge in [-0.2, -0.15) is 0 Å². The van der Waals surface area contributed by atoms with Crippen molar-refractivity contribution in [1.82, 2.24) is 15.5 Å². The highest BCUT2D eigenvalue weighted by molar-refractivity contribution is 5.96. The molecular weight excluding hydrogens is 250 g/mol. The lowest BCUT2D eigenvalue weighted by atomic mass is 9.94. The summed E-state index contributed by atoms with van der Waals surface area (Å²) in [6.45, 7) is 3.94. The Hall–Kier alpha value is -1.39. The third-order valence-electron chi connectivity index (χ3n) is 4.34. The van der Waals surface area contributed by atoms with Gasteiger partial charge in [0.15, 0.2) is 0 Å². The molecule has 2 aliphatic rings. The Morgan fingerprint density at radius 3 is 3.20 bits per heavy atom. The number of amides is 1. The van der Waals surface area contributed by atoms with Crippen LogP contribution in [-0.2, 0) is 13.0 Å². The second-order valence-corrected chi connectivity index (χ2v) is 5.94. The van der Waals surface area contributed by atoms with Gasteiger partial charge in [-0.05, 0) is 56.6 Å². The highest BCUT2D eigenvalue weighted by Gasteiger charge is 2.22. The maximum Gasteiger partial charge on any atom is 0.251 e. The van der Waals surface area contributed by atoms with Crippen molar-refractivity contribution in [3.63, 3.8) is 0 Å².